The van der Waals surface area contributed by atoms with E-state index in [9.17, 15) is 0 Å². The Balaban J connectivity index is 3.22. The molecule has 0 spiro atoms. The first-order valence-electron chi connectivity index (χ1n) is 8.39. The lowest BCUT2D eigenvalue weighted by Gasteiger charge is -2.27. The number of hydrogen-bond donors (Lipinski definition) is 0. The summed E-state index contributed by atoms with van der Waals surface area (Å²) in [5.41, 5.74) is 2.78. The summed E-state index contributed by atoms with van der Waals surface area (Å²) in [5, 5.41) is 0. The summed E-state index contributed by atoms with van der Waals surface area (Å²) in [7, 11) is 0. The van der Waals surface area contributed by atoms with Gasteiger partial charge in [0.2, 0.25) is 0 Å². The van der Waals surface area contributed by atoms with Crippen LogP contribution in [-0.2, 0) is 0 Å². The molecule has 1 aliphatic rings. The zero-order valence-electron chi connectivity index (χ0n) is 15.1. The summed E-state index contributed by atoms with van der Waals surface area (Å²) in [6.07, 6.45) is 19.8. The van der Waals surface area contributed by atoms with E-state index in [-0.39, 0.29) is 5.41 Å². The topological polar surface area (TPSA) is 0 Å². The van der Waals surface area contributed by atoms with Crippen molar-refractivity contribution in [3.63, 3.8) is 0 Å². The van der Waals surface area contributed by atoms with E-state index in [1.807, 2.05) is 13.0 Å². The van der Waals surface area contributed by atoms with Gasteiger partial charge in [-0.2, -0.15) is 0 Å². The molecule has 0 aromatic rings. The van der Waals surface area contributed by atoms with Gasteiger partial charge in [0.15, 0.2) is 0 Å². The van der Waals surface area contributed by atoms with Crippen LogP contribution in [0.3, 0.4) is 0 Å². The van der Waals surface area contributed by atoms with Crippen LogP contribution in [0.15, 0.2) is 72.4 Å². The van der Waals surface area contributed by atoms with Crippen molar-refractivity contribution in [1.29, 1.82) is 0 Å². The third kappa shape index (κ3) is 4.47. The minimum Gasteiger partial charge on any atom is -0.0988 e. The molecule has 0 radical (unpaired) electrons. The van der Waals surface area contributed by atoms with Gasteiger partial charge in [0.25, 0.3) is 0 Å². The molecule has 0 aromatic carbocycles. The van der Waals surface area contributed by atoms with Gasteiger partial charge in [-0.25, -0.2) is 0 Å². The minimum atomic E-state index is 0.126. The molecule has 0 fully saturated rings. The summed E-state index contributed by atoms with van der Waals surface area (Å²) in [5.74, 6) is 1.49. The number of rotatable bonds is 6. The quantitative estimate of drug-likeness (QED) is 0.481. The van der Waals surface area contributed by atoms with Crippen molar-refractivity contribution in [1.82, 2.24) is 0 Å². The Morgan fingerprint density at radius 2 is 1.86 bits per heavy atom. The molecule has 0 N–H and O–H groups in total. The van der Waals surface area contributed by atoms with Gasteiger partial charge >= 0.3 is 0 Å². The molecule has 0 saturated carbocycles. The van der Waals surface area contributed by atoms with Gasteiger partial charge in [-0.15, -0.1) is 0 Å². The summed E-state index contributed by atoms with van der Waals surface area (Å²) < 4.78 is 0. The van der Waals surface area contributed by atoms with E-state index in [0.29, 0.717) is 17.8 Å². The lowest BCUT2D eigenvalue weighted by Crippen LogP contribution is -2.17. The van der Waals surface area contributed by atoms with Crippen LogP contribution in [0, 0.1) is 23.2 Å². The zero-order valence-corrected chi connectivity index (χ0v) is 15.1. The van der Waals surface area contributed by atoms with E-state index in [1.54, 1.807) is 0 Å². The predicted octanol–water partition coefficient (Wildman–Crippen LogP) is 6.66. The summed E-state index contributed by atoms with van der Waals surface area (Å²) in [4.78, 5) is 0. The van der Waals surface area contributed by atoms with Gasteiger partial charge in [-0.05, 0) is 29.9 Å². The fourth-order valence-corrected chi connectivity index (χ4v) is 2.81. The molecule has 2 atom stereocenters. The van der Waals surface area contributed by atoms with Gasteiger partial charge in [0.05, 0.1) is 0 Å². The molecular formula is C22H32. The Morgan fingerprint density at radius 3 is 2.36 bits per heavy atom. The Hall–Kier alpha value is -1.56. The molecule has 0 nitrogen and oxygen atoms in total. The van der Waals surface area contributed by atoms with Crippen LogP contribution >= 0.6 is 0 Å². The van der Waals surface area contributed by atoms with Crippen molar-refractivity contribution >= 4 is 0 Å². The Labute approximate surface area is 137 Å². The van der Waals surface area contributed by atoms with Crippen molar-refractivity contribution in [2.24, 2.45) is 23.2 Å². The second-order valence-corrected chi connectivity index (χ2v) is 7.00. The van der Waals surface area contributed by atoms with Crippen LogP contribution in [-0.4, -0.2) is 0 Å². The van der Waals surface area contributed by atoms with E-state index < -0.39 is 0 Å². The minimum absolute atomic E-state index is 0.126. The van der Waals surface area contributed by atoms with Crippen LogP contribution in [0.1, 0.15) is 41.5 Å². The standard InChI is InChI=1S/C22H32/c1-8-10-12-19(9-2)21(17(3)4)20-13-11-15-22(7,16-14-20)18(5)6/h8-18,21H,2H2,1,3-7H3/b10-8-,19-12+. The monoisotopic (exact) mass is 296 g/mol. The first-order chi connectivity index (χ1) is 10.4. The highest BCUT2D eigenvalue weighted by molar-refractivity contribution is 5.41. The van der Waals surface area contributed by atoms with Gasteiger partial charge in [-0.1, -0.05) is 95.9 Å². The first-order valence-corrected chi connectivity index (χ1v) is 8.39. The molecule has 0 heteroatoms. The third-order valence-electron chi connectivity index (χ3n) is 4.72. The molecule has 1 aliphatic carbocycles. The van der Waals surface area contributed by atoms with Crippen LogP contribution in [0.25, 0.3) is 0 Å². The molecule has 0 aliphatic heterocycles. The third-order valence-corrected chi connectivity index (χ3v) is 4.72. The molecule has 22 heavy (non-hydrogen) atoms. The van der Waals surface area contributed by atoms with Crippen molar-refractivity contribution in [3.8, 4) is 0 Å². The van der Waals surface area contributed by atoms with Gasteiger partial charge in [0, 0.05) is 11.3 Å². The van der Waals surface area contributed by atoms with Crippen LogP contribution in [0.4, 0.5) is 0 Å². The average Bonchev–Trinajstić information content (AvgIpc) is 2.66. The van der Waals surface area contributed by atoms with Crippen LogP contribution < -0.4 is 0 Å². The van der Waals surface area contributed by atoms with Crippen LogP contribution in [0.5, 0.6) is 0 Å². The maximum Gasteiger partial charge on any atom is 0.0112 e. The number of hydrogen-bond acceptors (Lipinski definition) is 0. The van der Waals surface area contributed by atoms with Crippen LogP contribution in [0.2, 0.25) is 0 Å². The summed E-state index contributed by atoms with van der Waals surface area (Å²) in [6.45, 7) is 17.5. The molecule has 120 valence electrons. The molecule has 0 saturated heterocycles. The van der Waals surface area contributed by atoms with Crippen molar-refractivity contribution in [3.05, 3.63) is 72.4 Å². The second-order valence-electron chi connectivity index (χ2n) is 7.00. The van der Waals surface area contributed by atoms with E-state index in [1.165, 1.54) is 11.1 Å². The van der Waals surface area contributed by atoms with Crippen molar-refractivity contribution in [2.45, 2.75) is 41.5 Å². The second kappa shape index (κ2) is 8.17. The SMILES string of the molecule is C=C/C(=C\C=C/C)C(C1=CC=CC(C)(C(C)C)C=C1)C(C)C. The Bertz CT molecular complexity index is 520. The Kier molecular flexibility index (Phi) is 6.87. The average molecular weight is 296 g/mol. The van der Waals surface area contributed by atoms with Crippen molar-refractivity contribution in [2.75, 3.05) is 0 Å². The summed E-state index contributed by atoms with van der Waals surface area (Å²) in [6, 6.07) is 0. The molecule has 0 amide bonds. The maximum atomic E-state index is 4.02. The van der Waals surface area contributed by atoms with Gasteiger partial charge in [0.1, 0.15) is 0 Å². The largest absolute Gasteiger partial charge is 0.0988 e. The predicted molar refractivity (Wildman–Crippen MR) is 101 cm³/mol. The maximum absolute atomic E-state index is 4.02. The molecule has 0 heterocycles. The highest BCUT2D eigenvalue weighted by Crippen LogP contribution is 2.36. The van der Waals surface area contributed by atoms with E-state index in [0.717, 1.165) is 0 Å². The lowest BCUT2D eigenvalue weighted by molar-refractivity contribution is 0.383. The first kappa shape index (κ1) is 18.5. The smallest absolute Gasteiger partial charge is 0.0112 e. The Morgan fingerprint density at radius 1 is 1.18 bits per heavy atom. The normalized spacial score (nSPS) is 24.0. The fourth-order valence-electron chi connectivity index (χ4n) is 2.81. The van der Waals surface area contributed by atoms with Gasteiger partial charge < -0.3 is 0 Å². The molecule has 1 rings (SSSR count). The summed E-state index contributed by atoms with van der Waals surface area (Å²) >= 11 is 0. The lowest BCUT2D eigenvalue weighted by atomic mass is 9.77. The van der Waals surface area contributed by atoms with E-state index in [4.69, 9.17) is 0 Å². The molecule has 2 unspecified atom stereocenters. The van der Waals surface area contributed by atoms with E-state index >= 15 is 0 Å². The highest BCUT2D eigenvalue weighted by Gasteiger charge is 2.25. The molecule has 0 aromatic heterocycles. The zero-order chi connectivity index (χ0) is 16.8. The van der Waals surface area contributed by atoms with Gasteiger partial charge in [-0.3, -0.25) is 0 Å². The van der Waals surface area contributed by atoms with Crippen molar-refractivity contribution < 1.29 is 0 Å². The van der Waals surface area contributed by atoms with E-state index in [2.05, 4.69) is 89.8 Å². The number of allylic oxidation sites excluding steroid dienone is 11. The molecule has 0 bridgehead atoms. The fraction of sp³-hybridized carbons (Fsp3) is 0.455. The molecular weight excluding hydrogens is 264 g/mol. The highest BCUT2D eigenvalue weighted by atomic mass is 14.3.